The maximum atomic E-state index is 12.3. The van der Waals surface area contributed by atoms with Gasteiger partial charge in [-0.15, -0.1) is 0 Å². The van der Waals surface area contributed by atoms with Crippen LogP contribution in [0.25, 0.3) is 20.9 Å². The average molecular weight is 560 g/mol. The van der Waals surface area contributed by atoms with Gasteiger partial charge in [0.1, 0.15) is 18.8 Å². The van der Waals surface area contributed by atoms with E-state index in [2.05, 4.69) is 25.4 Å². The summed E-state index contributed by atoms with van der Waals surface area (Å²) in [5.74, 6) is -1.39. The summed E-state index contributed by atoms with van der Waals surface area (Å²) < 4.78 is 28.5. The molecule has 1 aliphatic carbocycles. The molecule has 2 aliphatic rings. The number of nitrogens with zero attached hydrogens (tertiary/aromatic N) is 6. The summed E-state index contributed by atoms with van der Waals surface area (Å²) in [6, 6.07) is 6.95. The number of hydrogen-bond acceptors (Lipinski definition) is 10. The molecule has 0 aromatic heterocycles. The van der Waals surface area contributed by atoms with Crippen molar-refractivity contribution in [1.82, 2.24) is 5.32 Å². The van der Waals surface area contributed by atoms with E-state index in [1.807, 2.05) is 30.3 Å². The fourth-order valence-electron chi connectivity index (χ4n) is 4.83. The Bertz CT molecular complexity index is 1130. The summed E-state index contributed by atoms with van der Waals surface area (Å²) in [5.41, 5.74) is 19.1. The van der Waals surface area contributed by atoms with Crippen LogP contribution < -0.4 is 5.32 Å². The number of esters is 2. The molecule has 1 heterocycles. The van der Waals surface area contributed by atoms with Gasteiger partial charge in [-0.05, 0) is 49.2 Å². The van der Waals surface area contributed by atoms with Crippen molar-refractivity contribution in [3.8, 4) is 0 Å². The van der Waals surface area contributed by atoms with Gasteiger partial charge in [-0.25, -0.2) is 4.79 Å². The molecule has 1 saturated heterocycles. The monoisotopic (exact) mass is 559 g/mol. The number of ether oxygens (including phenoxy) is 5. The smallest absolute Gasteiger partial charge is 0.407 e. The molecule has 0 bridgehead atoms. The van der Waals surface area contributed by atoms with Crippen molar-refractivity contribution in [1.29, 1.82) is 0 Å². The van der Waals surface area contributed by atoms with Crippen LogP contribution in [0.1, 0.15) is 52.0 Å². The molecule has 1 amide bonds. The lowest BCUT2D eigenvalue weighted by Crippen LogP contribution is -2.59. The molecule has 1 saturated carbocycles. The minimum atomic E-state index is -1.24. The quantitative estimate of drug-likeness (QED) is 0.144. The maximum Gasteiger partial charge on any atom is 0.407 e. The second kappa shape index (κ2) is 14.9. The molecule has 1 aromatic carbocycles. The van der Waals surface area contributed by atoms with E-state index in [0.29, 0.717) is 19.3 Å². The second-order valence-electron chi connectivity index (χ2n) is 9.56. The fourth-order valence-corrected chi connectivity index (χ4v) is 4.83. The van der Waals surface area contributed by atoms with Crippen LogP contribution in [0.15, 0.2) is 40.6 Å². The van der Waals surface area contributed by atoms with Crippen molar-refractivity contribution in [2.24, 2.45) is 10.2 Å². The van der Waals surface area contributed by atoms with Crippen LogP contribution in [0.5, 0.6) is 0 Å². The molecule has 0 spiro atoms. The molecule has 3 rings (SSSR count). The minimum absolute atomic E-state index is 0.0180. The highest BCUT2D eigenvalue weighted by atomic mass is 16.7. The van der Waals surface area contributed by atoms with Gasteiger partial charge >= 0.3 is 18.0 Å². The summed E-state index contributed by atoms with van der Waals surface area (Å²) in [7, 11) is 0. The molecule has 1 aromatic rings. The normalized spacial score (nSPS) is 28.5. The highest BCUT2D eigenvalue weighted by Crippen LogP contribution is 2.34. The highest BCUT2D eigenvalue weighted by Gasteiger charge is 2.50. The van der Waals surface area contributed by atoms with Gasteiger partial charge in [-0.1, -0.05) is 40.6 Å². The zero-order valence-electron chi connectivity index (χ0n) is 22.5. The summed E-state index contributed by atoms with van der Waals surface area (Å²) in [5, 5.41) is 10.2. The maximum absolute atomic E-state index is 12.3. The first kappa shape index (κ1) is 30.5. The molecule has 2 fully saturated rings. The van der Waals surface area contributed by atoms with Gasteiger partial charge in [0.2, 0.25) is 0 Å². The molecule has 40 heavy (non-hydrogen) atoms. The van der Waals surface area contributed by atoms with Gasteiger partial charge in [0.05, 0.1) is 24.2 Å². The molecule has 8 unspecified atom stereocenters. The number of azide groups is 2. The van der Waals surface area contributed by atoms with Crippen molar-refractivity contribution in [2.45, 2.75) is 102 Å². The van der Waals surface area contributed by atoms with Crippen molar-refractivity contribution in [3.05, 3.63) is 56.8 Å². The Morgan fingerprint density at radius 1 is 1.00 bits per heavy atom. The number of hydrogen-bond donors (Lipinski definition) is 1. The first-order valence-corrected chi connectivity index (χ1v) is 12.9. The molecule has 216 valence electrons. The SMILES string of the molecule is CC(=O)OC1C(N=[N+]=[N-])CC(N=[N+]=[N-])C(OC2CCCC(C(C)NC(=O)OCc3ccccc3)O2)C1OC(C)=O. The third kappa shape index (κ3) is 8.75. The zero-order chi connectivity index (χ0) is 29.1. The van der Waals surface area contributed by atoms with E-state index in [1.54, 1.807) is 6.92 Å². The van der Waals surface area contributed by atoms with E-state index in [1.165, 1.54) is 13.8 Å². The van der Waals surface area contributed by atoms with Crippen LogP contribution in [-0.4, -0.2) is 66.9 Å². The lowest BCUT2D eigenvalue weighted by atomic mass is 9.84. The third-order valence-corrected chi connectivity index (χ3v) is 6.57. The topological polar surface area (TPSA) is 207 Å². The van der Waals surface area contributed by atoms with Crippen LogP contribution in [0.4, 0.5) is 4.79 Å². The predicted molar refractivity (Wildman–Crippen MR) is 138 cm³/mol. The second-order valence-corrected chi connectivity index (χ2v) is 9.56. The molecular weight excluding hydrogens is 526 g/mol. The van der Waals surface area contributed by atoms with Crippen LogP contribution in [0.2, 0.25) is 0 Å². The number of amides is 1. The summed E-state index contributed by atoms with van der Waals surface area (Å²) in [6.45, 7) is 4.24. The van der Waals surface area contributed by atoms with Crippen LogP contribution in [-0.2, 0) is 39.9 Å². The molecule has 15 heteroatoms. The largest absolute Gasteiger partial charge is 0.458 e. The van der Waals surface area contributed by atoms with Crippen molar-refractivity contribution in [3.63, 3.8) is 0 Å². The molecule has 1 aliphatic heterocycles. The minimum Gasteiger partial charge on any atom is -0.458 e. The summed E-state index contributed by atoms with van der Waals surface area (Å²) in [4.78, 5) is 41.8. The first-order valence-electron chi connectivity index (χ1n) is 12.9. The Morgan fingerprint density at radius 3 is 2.25 bits per heavy atom. The average Bonchev–Trinajstić information content (AvgIpc) is 2.92. The first-order chi connectivity index (χ1) is 19.2. The van der Waals surface area contributed by atoms with E-state index >= 15 is 0 Å². The molecule has 1 N–H and O–H groups in total. The van der Waals surface area contributed by atoms with Gasteiger partial charge in [0, 0.05) is 23.7 Å². The number of benzene rings is 1. The van der Waals surface area contributed by atoms with Gasteiger partial charge < -0.3 is 29.0 Å². The number of carbonyl (C=O) groups excluding carboxylic acids is 3. The van der Waals surface area contributed by atoms with Crippen LogP contribution >= 0.6 is 0 Å². The lowest BCUT2D eigenvalue weighted by Gasteiger charge is -2.44. The lowest BCUT2D eigenvalue weighted by molar-refractivity contribution is -0.255. The fraction of sp³-hybridized carbons (Fsp3) is 0.640. The Labute approximate surface area is 230 Å². The number of alkyl carbamates (subject to hydrolysis) is 1. The van der Waals surface area contributed by atoms with Crippen molar-refractivity contribution in [2.75, 3.05) is 0 Å². The van der Waals surface area contributed by atoms with Gasteiger partial charge in [0.25, 0.3) is 0 Å². The molecule has 15 nitrogen and oxygen atoms in total. The van der Waals surface area contributed by atoms with Crippen LogP contribution in [0, 0.1) is 0 Å². The summed E-state index contributed by atoms with van der Waals surface area (Å²) >= 11 is 0. The zero-order valence-corrected chi connectivity index (χ0v) is 22.5. The Morgan fingerprint density at radius 2 is 1.62 bits per heavy atom. The van der Waals surface area contributed by atoms with Crippen LogP contribution in [0.3, 0.4) is 0 Å². The summed E-state index contributed by atoms with van der Waals surface area (Å²) in [6.07, 6.45) is -3.57. The molecule has 8 atom stereocenters. The van der Waals surface area contributed by atoms with E-state index in [9.17, 15) is 19.9 Å². The van der Waals surface area contributed by atoms with E-state index in [-0.39, 0.29) is 13.0 Å². The molecular formula is C25H33N7O8. The van der Waals surface area contributed by atoms with E-state index in [0.717, 1.165) is 5.56 Å². The van der Waals surface area contributed by atoms with E-state index < -0.39 is 66.9 Å². The van der Waals surface area contributed by atoms with E-state index in [4.69, 9.17) is 29.2 Å². The standard InChI is InChI=1S/C25H33N7O8/c1-14(28-25(35)36-13-17-8-5-4-6-9-17)20-10-7-11-21(39-20)40-23-19(30-32-27)12-18(29-31-26)22(37-15(2)33)24(23)38-16(3)34/h4-6,8-9,14,18-24H,7,10-13H2,1-3H3,(H,28,35). The van der Waals surface area contributed by atoms with Gasteiger partial charge in [-0.3, -0.25) is 9.59 Å². The van der Waals surface area contributed by atoms with Gasteiger partial charge in [-0.2, -0.15) is 0 Å². The Kier molecular flexibility index (Phi) is 11.4. The highest BCUT2D eigenvalue weighted by molar-refractivity contribution is 5.68. The number of nitrogens with one attached hydrogen (secondary N) is 1. The third-order valence-electron chi connectivity index (χ3n) is 6.57. The number of carbonyl (C=O) groups is 3. The van der Waals surface area contributed by atoms with Gasteiger partial charge in [0.15, 0.2) is 12.4 Å². The molecule has 0 radical (unpaired) electrons. The Balaban J connectivity index is 1.71. The van der Waals surface area contributed by atoms with Crippen molar-refractivity contribution >= 4 is 18.0 Å². The van der Waals surface area contributed by atoms with Crippen molar-refractivity contribution < 1.29 is 38.1 Å². The number of rotatable bonds is 10. The Hall–Kier alpha value is -4.03. The predicted octanol–water partition coefficient (Wildman–Crippen LogP) is 4.21.